The van der Waals surface area contributed by atoms with Gasteiger partial charge in [-0.05, 0) is 51.1 Å². The Labute approximate surface area is 220 Å². The molecule has 1 aromatic heterocycles. The van der Waals surface area contributed by atoms with Crippen LogP contribution in [-0.4, -0.2) is 39.8 Å². The van der Waals surface area contributed by atoms with Gasteiger partial charge in [-0.2, -0.15) is 4.98 Å². The van der Waals surface area contributed by atoms with Crippen LogP contribution in [0.3, 0.4) is 0 Å². The van der Waals surface area contributed by atoms with Crippen LogP contribution in [0.1, 0.15) is 40.2 Å². The number of hydrogen-bond acceptors (Lipinski definition) is 6. The number of aryl methyl sites for hydroxylation is 1. The minimum Gasteiger partial charge on any atom is -0.338 e. The van der Waals surface area contributed by atoms with E-state index in [0.29, 0.717) is 52.9 Å². The second kappa shape index (κ2) is 11.1. The number of nitrogens with zero attached hydrogens (tertiary/aromatic N) is 3. The number of hydrogen-bond donors (Lipinski definition) is 1. The molecule has 7 nitrogen and oxygen atoms in total. The van der Waals surface area contributed by atoms with Gasteiger partial charge in [-0.15, -0.1) is 0 Å². The summed E-state index contributed by atoms with van der Waals surface area (Å²) in [6.07, 6.45) is 1.39. The highest BCUT2D eigenvalue weighted by atomic mass is 35.5. The van der Waals surface area contributed by atoms with Crippen LogP contribution in [-0.2, 0) is 11.3 Å². The van der Waals surface area contributed by atoms with Crippen molar-refractivity contribution in [1.82, 2.24) is 15.0 Å². The lowest BCUT2D eigenvalue weighted by Crippen LogP contribution is -2.38. The summed E-state index contributed by atoms with van der Waals surface area (Å²) in [4.78, 5) is 32.9. The molecule has 1 fully saturated rings. The van der Waals surface area contributed by atoms with Crippen molar-refractivity contribution in [3.8, 4) is 11.4 Å². The Balaban J connectivity index is 1.18. The predicted molar refractivity (Wildman–Crippen MR) is 142 cm³/mol. The monoisotopic (exact) mass is 514 g/mol. The van der Waals surface area contributed by atoms with Gasteiger partial charge in [-0.25, -0.2) is 0 Å². The maximum Gasteiger partial charge on any atom is 0.241 e. The lowest BCUT2D eigenvalue weighted by Gasteiger charge is -2.30. The van der Waals surface area contributed by atoms with E-state index in [2.05, 4.69) is 20.4 Å². The lowest BCUT2D eigenvalue weighted by molar-refractivity contribution is -0.121. The Morgan fingerprint density at radius 1 is 1.03 bits per heavy atom. The van der Waals surface area contributed by atoms with E-state index in [1.54, 1.807) is 42.5 Å². The van der Waals surface area contributed by atoms with Crippen molar-refractivity contribution < 1.29 is 14.1 Å². The first kappa shape index (κ1) is 24.9. The fraction of sp³-hybridized carbons (Fsp3) is 0.241. The quantitative estimate of drug-likeness (QED) is 0.314. The van der Waals surface area contributed by atoms with E-state index in [4.69, 9.17) is 16.1 Å². The minimum atomic E-state index is -0.183. The van der Waals surface area contributed by atoms with Crippen molar-refractivity contribution in [2.75, 3.05) is 18.4 Å². The van der Waals surface area contributed by atoms with Gasteiger partial charge < -0.3 is 9.84 Å². The number of nitrogens with one attached hydrogen (secondary N) is 1. The Morgan fingerprint density at radius 2 is 1.76 bits per heavy atom. The van der Waals surface area contributed by atoms with E-state index in [9.17, 15) is 9.59 Å². The highest BCUT2D eigenvalue weighted by Crippen LogP contribution is 2.26. The van der Waals surface area contributed by atoms with Crippen LogP contribution < -0.4 is 5.32 Å². The Hall–Kier alpha value is -3.81. The van der Waals surface area contributed by atoms with Crippen molar-refractivity contribution in [3.05, 3.63) is 100 Å². The number of amides is 1. The number of carbonyl (C=O) groups excluding carboxylic acids is 2. The first-order chi connectivity index (χ1) is 18.0. The molecule has 2 heterocycles. The van der Waals surface area contributed by atoms with Gasteiger partial charge in [0.25, 0.3) is 0 Å². The molecule has 0 unspecified atom stereocenters. The Morgan fingerprint density at radius 3 is 2.49 bits per heavy atom. The molecule has 1 aliphatic heterocycles. The van der Waals surface area contributed by atoms with Gasteiger partial charge in [-0.3, -0.25) is 14.5 Å². The van der Waals surface area contributed by atoms with Crippen LogP contribution in [0.5, 0.6) is 0 Å². The molecule has 1 saturated heterocycles. The molecule has 188 valence electrons. The molecule has 4 aromatic rings. The third-order valence-corrected chi connectivity index (χ3v) is 6.85. The third kappa shape index (κ3) is 5.96. The van der Waals surface area contributed by atoms with E-state index >= 15 is 0 Å². The second-order valence-electron chi connectivity index (χ2n) is 9.30. The molecule has 3 aromatic carbocycles. The van der Waals surface area contributed by atoms with Crippen molar-refractivity contribution in [2.45, 2.75) is 26.3 Å². The Bertz CT molecular complexity index is 1390. The standard InChI is InChI=1S/C29H27ClN4O3/c1-19-7-9-21(10-8-19)28-32-26(37-33-28)18-34-15-13-22(14-16-34)29(36)31-25-12-11-23(30)17-24(25)27(35)20-5-3-2-4-6-20/h2-12,17,22H,13-16,18H2,1H3,(H,31,36). The average Bonchev–Trinajstić information content (AvgIpc) is 3.39. The molecule has 0 bridgehead atoms. The second-order valence-corrected chi connectivity index (χ2v) is 9.74. The maximum absolute atomic E-state index is 13.1. The molecule has 0 atom stereocenters. The number of piperidine rings is 1. The summed E-state index contributed by atoms with van der Waals surface area (Å²) in [6.45, 7) is 4.04. The minimum absolute atomic E-state index is 0.0940. The van der Waals surface area contributed by atoms with Crippen LogP contribution in [0.2, 0.25) is 5.02 Å². The van der Waals surface area contributed by atoms with Crippen molar-refractivity contribution in [2.24, 2.45) is 5.92 Å². The van der Waals surface area contributed by atoms with Gasteiger partial charge in [-0.1, -0.05) is 76.9 Å². The van der Waals surface area contributed by atoms with E-state index in [1.807, 2.05) is 37.3 Å². The normalized spacial score (nSPS) is 14.4. The fourth-order valence-electron chi connectivity index (χ4n) is 4.48. The Kier molecular flexibility index (Phi) is 7.44. The molecule has 1 N–H and O–H groups in total. The van der Waals surface area contributed by atoms with E-state index in [1.165, 1.54) is 5.56 Å². The number of likely N-dealkylation sites (tertiary alicyclic amines) is 1. The van der Waals surface area contributed by atoms with Crippen molar-refractivity contribution in [1.29, 1.82) is 0 Å². The largest absolute Gasteiger partial charge is 0.338 e. The molecule has 1 amide bonds. The lowest BCUT2D eigenvalue weighted by atomic mass is 9.95. The zero-order valence-electron chi connectivity index (χ0n) is 20.5. The number of carbonyl (C=O) groups is 2. The fourth-order valence-corrected chi connectivity index (χ4v) is 4.65. The molecule has 1 aliphatic rings. The zero-order chi connectivity index (χ0) is 25.8. The molecule has 0 aliphatic carbocycles. The first-order valence-electron chi connectivity index (χ1n) is 12.3. The van der Waals surface area contributed by atoms with E-state index < -0.39 is 0 Å². The first-order valence-corrected chi connectivity index (χ1v) is 12.7. The van der Waals surface area contributed by atoms with Crippen molar-refractivity contribution in [3.63, 3.8) is 0 Å². The number of ketones is 1. The molecule has 0 radical (unpaired) electrons. The van der Waals surface area contributed by atoms with Gasteiger partial charge in [0.15, 0.2) is 5.78 Å². The van der Waals surface area contributed by atoms with Crippen molar-refractivity contribution >= 4 is 29.0 Å². The smallest absolute Gasteiger partial charge is 0.241 e. The molecular formula is C29H27ClN4O3. The molecular weight excluding hydrogens is 488 g/mol. The highest BCUT2D eigenvalue weighted by Gasteiger charge is 2.27. The van der Waals surface area contributed by atoms with Gasteiger partial charge in [0, 0.05) is 27.6 Å². The molecule has 0 spiro atoms. The summed E-state index contributed by atoms with van der Waals surface area (Å²) in [7, 11) is 0. The number of anilines is 1. The highest BCUT2D eigenvalue weighted by molar-refractivity contribution is 6.31. The van der Waals surface area contributed by atoms with Gasteiger partial charge in [0.2, 0.25) is 17.6 Å². The average molecular weight is 515 g/mol. The summed E-state index contributed by atoms with van der Waals surface area (Å²) >= 11 is 6.17. The summed E-state index contributed by atoms with van der Waals surface area (Å²) in [6, 6.07) is 21.9. The topological polar surface area (TPSA) is 88.3 Å². The number of aromatic nitrogens is 2. The SMILES string of the molecule is Cc1ccc(-c2noc(CN3CCC(C(=O)Nc4ccc(Cl)cc4C(=O)c4ccccc4)CC3)n2)cc1. The van der Waals surface area contributed by atoms with Gasteiger partial charge >= 0.3 is 0 Å². The van der Waals surface area contributed by atoms with Gasteiger partial charge in [0.1, 0.15) is 0 Å². The molecule has 0 saturated carbocycles. The summed E-state index contributed by atoms with van der Waals surface area (Å²) in [5.41, 5.74) is 3.49. The maximum atomic E-state index is 13.1. The molecule has 5 rings (SSSR count). The third-order valence-electron chi connectivity index (χ3n) is 6.62. The van der Waals surface area contributed by atoms with Crippen LogP contribution in [0, 0.1) is 12.8 Å². The summed E-state index contributed by atoms with van der Waals surface area (Å²) in [5, 5.41) is 7.52. The zero-order valence-corrected chi connectivity index (χ0v) is 21.2. The van der Waals surface area contributed by atoms with Crippen LogP contribution >= 0.6 is 11.6 Å². The van der Waals surface area contributed by atoms with Crippen LogP contribution in [0.25, 0.3) is 11.4 Å². The van der Waals surface area contributed by atoms with Gasteiger partial charge in [0.05, 0.1) is 12.2 Å². The number of halogens is 1. The molecule has 8 heteroatoms. The predicted octanol–water partition coefficient (Wildman–Crippen LogP) is 5.78. The number of rotatable bonds is 7. The number of benzene rings is 3. The van der Waals surface area contributed by atoms with E-state index in [-0.39, 0.29) is 17.6 Å². The van der Waals surface area contributed by atoms with E-state index in [0.717, 1.165) is 18.7 Å². The summed E-state index contributed by atoms with van der Waals surface area (Å²) in [5.74, 6) is 0.704. The van der Waals surface area contributed by atoms with Crippen LogP contribution in [0.4, 0.5) is 5.69 Å². The van der Waals surface area contributed by atoms with Crippen LogP contribution in [0.15, 0.2) is 77.3 Å². The molecule has 37 heavy (non-hydrogen) atoms. The summed E-state index contributed by atoms with van der Waals surface area (Å²) < 4.78 is 5.46.